The SMILES string of the molecule is CC(=O)c1ccccc1C1CN=CC=NC1C. The highest BCUT2D eigenvalue weighted by Crippen LogP contribution is 2.26. The van der Waals surface area contributed by atoms with E-state index < -0.39 is 0 Å². The van der Waals surface area contributed by atoms with E-state index in [2.05, 4.69) is 16.9 Å². The van der Waals surface area contributed by atoms with Crippen LogP contribution in [0.2, 0.25) is 0 Å². The first-order valence-electron chi connectivity index (χ1n) is 5.81. The van der Waals surface area contributed by atoms with Gasteiger partial charge in [0.05, 0.1) is 6.04 Å². The Morgan fingerprint density at radius 3 is 2.82 bits per heavy atom. The summed E-state index contributed by atoms with van der Waals surface area (Å²) in [5, 5.41) is 0. The maximum Gasteiger partial charge on any atom is 0.160 e. The van der Waals surface area contributed by atoms with Crippen molar-refractivity contribution in [2.24, 2.45) is 9.98 Å². The summed E-state index contributed by atoms with van der Waals surface area (Å²) in [7, 11) is 0. The maximum atomic E-state index is 11.6. The number of Topliss-reactive ketones (excluding diaryl/α,β-unsaturated/α-hetero) is 1. The molecule has 0 bridgehead atoms. The lowest BCUT2D eigenvalue weighted by atomic mass is 9.88. The van der Waals surface area contributed by atoms with Crippen molar-refractivity contribution in [3.63, 3.8) is 0 Å². The van der Waals surface area contributed by atoms with Gasteiger partial charge in [0.15, 0.2) is 5.78 Å². The van der Waals surface area contributed by atoms with E-state index in [-0.39, 0.29) is 17.7 Å². The number of nitrogens with zero attached hydrogens (tertiary/aromatic N) is 2. The predicted molar refractivity (Wildman–Crippen MR) is 70.5 cm³/mol. The molecule has 0 saturated heterocycles. The predicted octanol–water partition coefficient (Wildman–Crippen LogP) is 2.52. The molecule has 0 saturated carbocycles. The normalized spacial score (nSPS) is 23.4. The van der Waals surface area contributed by atoms with Gasteiger partial charge in [0.2, 0.25) is 0 Å². The summed E-state index contributed by atoms with van der Waals surface area (Å²) in [6.45, 7) is 4.35. The second kappa shape index (κ2) is 5.04. The fourth-order valence-electron chi connectivity index (χ4n) is 2.15. The molecule has 0 radical (unpaired) electrons. The molecule has 0 N–H and O–H groups in total. The van der Waals surface area contributed by atoms with Gasteiger partial charge in [-0.25, -0.2) is 0 Å². The highest BCUT2D eigenvalue weighted by Gasteiger charge is 2.22. The molecule has 0 fully saturated rings. The molecule has 3 nitrogen and oxygen atoms in total. The molecule has 0 amide bonds. The number of hydrogen-bond acceptors (Lipinski definition) is 3. The van der Waals surface area contributed by atoms with Crippen molar-refractivity contribution >= 4 is 18.2 Å². The number of carbonyl (C=O) groups excluding carboxylic acids is 1. The Kier molecular flexibility index (Phi) is 3.47. The lowest BCUT2D eigenvalue weighted by Gasteiger charge is -2.20. The Balaban J connectivity index is 2.42. The molecule has 2 rings (SSSR count). The van der Waals surface area contributed by atoms with Gasteiger partial charge in [0, 0.05) is 30.5 Å². The minimum absolute atomic E-state index is 0.102. The third kappa shape index (κ3) is 2.49. The molecule has 1 aliphatic rings. The fraction of sp³-hybridized carbons (Fsp3) is 0.357. The van der Waals surface area contributed by atoms with E-state index in [1.165, 1.54) is 0 Å². The summed E-state index contributed by atoms with van der Waals surface area (Å²) in [6.07, 6.45) is 3.47. The Morgan fingerprint density at radius 1 is 1.29 bits per heavy atom. The van der Waals surface area contributed by atoms with Crippen LogP contribution in [0.1, 0.15) is 35.7 Å². The second-order valence-corrected chi connectivity index (χ2v) is 4.30. The van der Waals surface area contributed by atoms with Crippen LogP contribution in [0.15, 0.2) is 34.3 Å². The number of ketones is 1. The molecular weight excluding hydrogens is 212 g/mol. The van der Waals surface area contributed by atoms with Crippen LogP contribution in [0.5, 0.6) is 0 Å². The van der Waals surface area contributed by atoms with E-state index in [1.807, 2.05) is 24.3 Å². The molecule has 3 heteroatoms. The van der Waals surface area contributed by atoms with Crippen LogP contribution in [0.4, 0.5) is 0 Å². The maximum absolute atomic E-state index is 11.6. The van der Waals surface area contributed by atoms with Crippen LogP contribution < -0.4 is 0 Å². The highest BCUT2D eigenvalue weighted by atomic mass is 16.1. The van der Waals surface area contributed by atoms with E-state index >= 15 is 0 Å². The molecule has 0 aliphatic carbocycles. The molecule has 17 heavy (non-hydrogen) atoms. The summed E-state index contributed by atoms with van der Waals surface area (Å²) in [5.74, 6) is 0.287. The molecule has 0 aromatic heterocycles. The van der Waals surface area contributed by atoms with Crippen LogP contribution in [-0.2, 0) is 0 Å². The number of benzene rings is 1. The van der Waals surface area contributed by atoms with Crippen molar-refractivity contribution in [1.82, 2.24) is 0 Å². The van der Waals surface area contributed by atoms with E-state index in [0.29, 0.717) is 6.54 Å². The van der Waals surface area contributed by atoms with Crippen LogP contribution in [0, 0.1) is 0 Å². The van der Waals surface area contributed by atoms with Gasteiger partial charge < -0.3 is 0 Å². The van der Waals surface area contributed by atoms with Crippen molar-refractivity contribution < 1.29 is 4.79 Å². The molecule has 1 aromatic rings. The van der Waals surface area contributed by atoms with Crippen molar-refractivity contribution in [1.29, 1.82) is 0 Å². The second-order valence-electron chi connectivity index (χ2n) is 4.30. The Hall–Kier alpha value is -1.77. The zero-order chi connectivity index (χ0) is 12.3. The summed E-state index contributed by atoms with van der Waals surface area (Å²) < 4.78 is 0. The molecule has 1 aliphatic heterocycles. The number of aliphatic imine (C=N–C) groups is 2. The highest BCUT2D eigenvalue weighted by molar-refractivity contribution is 6.16. The van der Waals surface area contributed by atoms with E-state index in [4.69, 9.17) is 0 Å². The summed E-state index contributed by atoms with van der Waals surface area (Å²) in [6, 6.07) is 7.90. The van der Waals surface area contributed by atoms with Crippen LogP contribution in [0.25, 0.3) is 0 Å². The van der Waals surface area contributed by atoms with Gasteiger partial charge in [-0.3, -0.25) is 14.8 Å². The lowest BCUT2D eigenvalue weighted by Crippen LogP contribution is -2.18. The van der Waals surface area contributed by atoms with Gasteiger partial charge in [-0.2, -0.15) is 0 Å². The number of carbonyl (C=O) groups is 1. The first-order chi connectivity index (χ1) is 8.20. The van der Waals surface area contributed by atoms with E-state index in [0.717, 1.165) is 11.1 Å². The summed E-state index contributed by atoms with van der Waals surface area (Å²) in [5.41, 5.74) is 1.85. The monoisotopic (exact) mass is 228 g/mol. The molecule has 88 valence electrons. The molecule has 2 unspecified atom stereocenters. The van der Waals surface area contributed by atoms with E-state index in [9.17, 15) is 4.79 Å². The number of rotatable bonds is 2. The van der Waals surface area contributed by atoms with Gasteiger partial charge in [-0.05, 0) is 19.4 Å². The molecule has 1 aromatic carbocycles. The molecule has 2 atom stereocenters. The standard InChI is InChI=1S/C14H16N2O/c1-10-14(9-15-7-8-16-10)13-6-4-3-5-12(13)11(2)17/h3-8,10,14H,9H2,1-2H3. The minimum Gasteiger partial charge on any atom is -0.295 e. The summed E-state index contributed by atoms with van der Waals surface area (Å²) in [4.78, 5) is 20.3. The molecular formula is C14H16N2O. The Morgan fingerprint density at radius 2 is 2.06 bits per heavy atom. The zero-order valence-electron chi connectivity index (χ0n) is 10.1. The smallest absolute Gasteiger partial charge is 0.160 e. The minimum atomic E-state index is 0.102. The number of hydrogen-bond donors (Lipinski definition) is 0. The van der Waals surface area contributed by atoms with Crippen molar-refractivity contribution in [3.8, 4) is 0 Å². The topological polar surface area (TPSA) is 41.8 Å². The van der Waals surface area contributed by atoms with Gasteiger partial charge in [-0.15, -0.1) is 0 Å². The first kappa shape index (κ1) is 11.7. The van der Waals surface area contributed by atoms with Gasteiger partial charge in [0.1, 0.15) is 0 Å². The quantitative estimate of drug-likeness (QED) is 0.717. The van der Waals surface area contributed by atoms with Crippen LogP contribution in [0.3, 0.4) is 0 Å². The largest absolute Gasteiger partial charge is 0.295 e. The third-order valence-corrected chi connectivity index (χ3v) is 3.12. The molecule has 0 spiro atoms. The summed E-state index contributed by atoms with van der Waals surface area (Å²) >= 11 is 0. The van der Waals surface area contributed by atoms with Gasteiger partial charge >= 0.3 is 0 Å². The van der Waals surface area contributed by atoms with Crippen molar-refractivity contribution in [3.05, 3.63) is 35.4 Å². The lowest BCUT2D eigenvalue weighted by molar-refractivity contribution is 0.101. The van der Waals surface area contributed by atoms with Gasteiger partial charge in [0.25, 0.3) is 0 Å². The van der Waals surface area contributed by atoms with Gasteiger partial charge in [-0.1, -0.05) is 24.3 Å². The molecule has 1 heterocycles. The average molecular weight is 228 g/mol. The third-order valence-electron chi connectivity index (χ3n) is 3.12. The van der Waals surface area contributed by atoms with Crippen molar-refractivity contribution in [2.45, 2.75) is 25.8 Å². The van der Waals surface area contributed by atoms with Crippen molar-refractivity contribution in [2.75, 3.05) is 6.54 Å². The zero-order valence-corrected chi connectivity index (χ0v) is 10.1. The van der Waals surface area contributed by atoms with E-state index in [1.54, 1.807) is 19.4 Å². The average Bonchev–Trinajstić information content (AvgIpc) is 2.54. The first-order valence-corrected chi connectivity index (χ1v) is 5.81. The van der Waals surface area contributed by atoms with Crippen LogP contribution in [-0.4, -0.2) is 30.8 Å². The Labute approximate surface area is 101 Å². The fourth-order valence-corrected chi connectivity index (χ4v) is 2.15. The van der Waals surface area contributed by atoms with Crippen LogP contribution >= 0.6 is 0 Å². The Bertz CT molecular complexity index is 477.